The minimum atomic E-state index is -1.21. The van der Waals surface area contributed by atoms with Gasteiger partial charge in [-0.15, -0.1) is 0 Å². The number of amides is 2. The summed E-state index contributed by atoms with van der Waals surface area (Å²) in [6.45, 7) is 2.38. The lowest BCUT2D eigenvalue weighted by molar-refractivity contribution is -0.121. The first-order valence-corrected chi connectivity index (χ1v) is 6.18. The molecular formula is C13H17N3O4. The third kappa shape index (κ3) is 4.34. The molecule has 0 saturated carbocycles. The fourth-order valence-electron chi connectivity index (χ4n) is 1.48. The molecule has 0 aliphatic carbocycles. The van der Waals surface area contributed by atoms with Crippen LogP contribution in [0.1, 0.15) is 34.3 Å². The Morgan fingerprint density at radius 2 is 1.95 bits per heavy atom. The molecule has 0 atom stereocenters. The van der Waals surface area contributed by atoms with E-state index in [-0.39, 0.29) is 23.8 Å². The number of aromatic carboxylic acids is 1. The van der Waals surface area contributed by atoms with Crippen LogP contribution < -0.4 is 5.32 Å². The monoisotopic (exact) mass is 279 g/mol. The predicted molar refractivity (Wildman–Crippen MR) is 71.5 cm³/mol. The molecule has 0 bridgehead atoms. The molecule has 2 N–H and O–H groups in total. The van der Waals surface area contributed by atoms with Gasteiger partial charge in [-0.2, -0.15) is 0 Å². The number of hydrogen-bond acceptors (Lipinski definition) is 4. The molecule has 20 heavy (non-hydrogen) atoms. The molecule has 1 aromatic rings. The Labute approximate surface area is 116 Å². The smallest absolute Gasteiger partial charge is 0.354 e. The van der Waals surface area contributed by atoms with Crippen molar-refractivity contribution >= 4 is 17.8 Å². The number of hydrogen-bond donors (Lipinski definition) is 2. The Morgan fingerprint density at radius 3 is 2.55 bits per heavy atom. The van der Waals surface area contributed by atoms with E-state index in [9.17, 15) is 14.4 Å². The maximum Gasteiger partial charge on any atom is 0.354 e. The van der Waals surface area contributed by atoms with Crippen molar-refractivity contribution in [2.75, 3.05) is 20.1 Å². The van der Waals surface area contributed by atoms with Crippen LogP contribution in [0.4, 0.5) is 0 Å². The van der Waals surface area contributed by atoms with Gasteiger partial charge >= 0.3 is 5.97 Å². The number of rotatable bonds is 6. The second kappa shape index (κ2) is 7.22. The van der Waals surface area contributed by atoms with Crippen molar-refractivity contribution in [2.45, 2.75) is 13.3 Å². The zero-order valence-corrected chi connectivity index (χ0v) is 11.4. The number of carbonyl (C=O) groups is 3. The number of aromatic nitrogens is 1. The number of nitrogens with zero attached hydrogens (tertiary/aromatic N) is 2. The van der Waals surface area contributed by atoms with E-state index in [1.165, 1.54) is 30.1 Å². The van der Waals surface area contributed by atoms with Crippen LogP contribution in [0.2, 0.25) is 0 Å². The van der Waals surface area contributed by atoms with Crippen LogP contribution in [0.15, 0.2) is 18.2 Å². The molecule has 0 aliphatic rings. The van der Waals surface area contributed by atoms with Crippen molar-refractivity contribution in [1.82, 2.24) is 15.2 Å². The highest BCUT2D eigenvalue weighted by Crippen LogP contribution is 2.03. The number of carbonyl (C=O) groups excluding carboxylic acids is 2. The summed E-state index contributed by atoms with van der Waals surface area (Å²) >= 11 is 0. The van der Waals surface area contributed by atoms with Gasteiger partial charge in [0.2, 0.25) is 5.91 Å². The van der Waals surface area contributed by atoms with Gasteiger partial charge < -0.3 is 15.3 Å². The van der Waals surface area contributed by atoms with Gasteiger partial charge in [0.05, 0.1) is 6.54 Å². The van der Waals surface area contributed by atoms with Gasteiger partial charge in [0.25, 0.3) is 5.91 Å². The second-order valence-corrected chi connectivity index (χ2v) is 4.22. The zero-order valence-electron chi connectivity index (χ0n) is 11.4. The fourth-order valence-corrected chi connectivity index (χ4v) is 1.48. The quantitative estimate of drug-likeness (QED) is 0.784. The Bertz CT molecular complexity index is 516. The van der Waals surface area contributed by atoms with E-state index >= 15 is 0 Å². The molecular weight excluding hydrogens is 262 g/mol. The summed E-state index contributed by atoms with van der Waals surface area (Å²) in [5.74, 6) is -1.97. The average molecular weight is 279 g/mol. The van der Waals surface area contributed by atoms with Gasteiger partial charge in [-0.05, 0) is 18.6 Å². The highest BCUT2D eigenvalue weighted by Gasteiger charge is 2.17. The molecule has 7 nitrogen and oxygen atoms in total. The minimum Gasteiger partial charge on any atom is -0.477 e. The Kier molecular flexibility index (Phi) is 5.64. The number of carboxylic acids is 1. The van der Waals surface area contributed by atoms with E-state index in [0.717, 1.165) is 6.42 Å². The first-order valence-electron chi connectivity index (χ1n) is 6.18. The molecule has 0 aliphatic heterocycles. The second-order valence-electron chi connectivity index (χ2n) is 4.22. The van der Waals surface area contributed by atoms with Gasteiger partial charge in [-0.25, -0.2) is 9.78 Å². The summed E-state index contributed by atoms with van der Waals surface area (Å²) in [6, 6.07) is 4.15. The van der Waals surface area contributed by atoms with E-state index in [4.69, 9.17) is 5.11 Å². The van der Waals surface area contributed by atoms with Crippen LogP contribution in [-0.2, 0) is 4.79 Å². The number of nitrogens with one attached hydrogen (secondary N) is 1. The van der Waals surface area contributed by atoms with Crippen molar-refractivity contribution in [3.8, 4) is 0 Å². The van der Waals surface area contributed by atoms with Crippen LogP contribution in [0.5, 0.6) is 0 Å². The van der Waals surface area contributed by atoms with E-state index < -0.39 is 11.9 Å². The topological polar surface area (TPSA) is 99.6 Å². The van der Waals surface area contributed by atoms with Crippen LogP contribution >= 0.6 is 0 Å². The highest BCUT2D eigenvalue weighted by molar-refractivity contribution is 5.96. The summed E-state index contributed by atoms with van der Waals surface area (Å²) in [6.07, 6.45) is 0.811. The van der Waals surface area contributed by atoms with Gasteiger partial charge in [0.1, 0.15) is 11.4 Å². The molecule has 0 spiro atoms. The summed E-state index contributed by atoms with van der Waals surface area (Å²) in [7, 11) is 1.46. The van der Waals surface area contributed by atoms with Gasteiger partial charge in [-0.1, -0.05) is 13.0 Å². The van der Waals surface area contributed by atoms with Crippen molar-refractivity contribution in [3.05, 3.63) is 29.6 Å². The van der Waals surface area contributed by atoms with Crippen LogP contribution in [0, 0.1) is 0 Å². The molecule has 0 radical (unpaired) electrons. The SMILES string of the molecule is CCCNC(=O)CN(C)C(=O)c1cccc(C(=O)O)n1. The van der Waals surface area contributed by atoms with Gasteiger partial charge in [-0.3, -0.25) is 9.59 Å². The van der Waals surface area contributed by atoms with Crippen LogP contribution in [0.25, 0.3) is 0 Å². The first-order chi connectivity index (χ1) is 9.45. The number of pyridine rings is 1. The molecule has 0 aromatic carbocycles. The summed E-state index contributed by atoms with van der Waals surface area (Å²) in [5.41, 5.74) is -0.213. The van der Waals surface area contributed by atoms with E-state index in [1.807, 2.05) is 6.92 Å². The number of likely N-dealkylation sites (N-methyl/N-ethyl adjacent to an activating group) is 1. The zero-order chi connectivity index (χ0) is 15.1. The molecule has 1 heterocycles. The third-order valence-electron chi connectivity index (χ3n) is 2.49. The lowest BCUT2D eigenvalue weighted by atomic mass is 10.2. The first kappa shape index (κ1) is 15.6. The molecule has 0 fully saturated rings. The van der Waals surface area contributed by atoms with Crippen molar-refractivity contribution < 1.29 is 19.5 Å². The Hall–Kier alpha value is -2.44. The Balaban J connectivity index is 2.71. The standard InChI is InChI=1S/C13H17N3O4/c1-3-7-14-11(17)8-16(2)12(18)9-5-4-6-10(15-9)13(19)20/h4-6H,3,7-8H2,1-2H3,(H,14,17)(H,19,20). The molecule has 108 valence electrons. The number of carboxylic acid groups (broad SMARTS) is 1. The minimum absolute atomic E-state index is 0.00399. The molecule has 0 unspecified atom stereocenters. The normalized spacial score (nSPS) is 9.90. The molecule has 2 amide bonds. The lowest BCUT2D eigenvalue weighted by Gasteiger charge is -2.16. The predicted octanol–water partition coefficient (Wildman–Crippen LogP) is 0.378. The van der Waals surface area contributed by atoms with Gasteiger partial charge in [0.15, 0.2) is 0 Å². The van der Waals surface area contributed by atoms with E-state index in [2.05, 4.69) is 10.3 Å². The van der Waals surface area contributed by atoms with E-state index in [0.29, 0.717) is 6.54 Å². The molecule has 7 heteroatoms. The summed E-state index contributed by atoms with van der Waals surface area (Å²) in [4.78, 5) is 39.2. The molecule has 1 rings (SSSR count). The van der Waals surface area contributed by atoms with Crippen molar-refractivity contribution in [3.63, 3.8) is 0 Å². The molecule has 1 aromatic heterocycles. The average Bonchev–Trinajstić information content (AvgIpc) is 2.44. The van der Waals surface area contributed by atoms with Crippen LogP contribution in [-0.4, -0.2) is 52.9 Å². The largest absolute Gasteiger partial charge is 0.477 e. The fraction of sp³-hybridized carbons (Fsp3) is 0.385. The van der Waals surface area contributed by atoms with Crippen molar-refractivity contribution in [1.29, 1.82) is 0 Å². The highest BCUT2D eigenvalue weighted by atomic mass is 16.4. The maximum atomic E-state index is 12.0. The van der Waals surface area contributed by atoms with Gasteiger partial charge in [0, 0.05) is 13.6 Å². The maximum absolute atomic E-state index is 12.0. The summed E-state index contributed by atoms with van der Waals surface area (Å²) in [5, 5.41) is 11.5. The van der Waals surface area contributed by atoms with E-state index in [1.54, 1.807) is 0 Å². The van der Waals surface area contributed by atoms with Crippen molar-refractivity contribution in [2.24, 2.45) is 0 Å². The van der Waals surface area contributed by atoms with Crippen LogP contribution in [0.3, 0.4) is 0 Å². The third-order valence-corrected chi connectivity index (χ3v) is 2.49. The lowest BCUT2D eigenvalue weighted by Crippen LogP contribution is -2.38. The molecule has 0 saturated heterocycles. The Morgan fingerprint density at radius 1 is 1.30 bits per heavy atom. The summed E-state index contributed by atoms with van der Waals surface area (Å²) < 4.78 is 0.